The fourth-order valence-corrected chi connectivity index (χ4v) is 2.63. The first-order chi connectivity index (χ1) is 11.5. The van der Waals surface area contributed by atoms with Gasteiger partial charge < -0.3 is 10.2 Å². The van der Waals surface area contributed by atoms with E-state index in [1.165, 1.54) is 12.1 Å². The van der Waals surface area contributed by atoms with Crippen LogP contribution in [0.4, 0.5) is 10.1 Å². The third kappa shape index (κ3) is 3.53. The van der Waals surface area contributed by atoms with E-state index in [0.717, 1.165) is 18.5 Å². The molecule has 0 saturated heterocycles. The first-order valence-electron chi connectivity index (χ1n) is 8.03. The van der Waals surface area contributed by atoms with Crippen molar-refractivity contribution in [2.45, 2.75) is 25.8 Å². The van der Waals surface area contributed by atoms with Crippen molar-refractivity contribution < 1.29 is 9.18 Å². The number of amides is 1. The van der Waals surface area contributed by atoms with Crippen molar-refractivity contribution in [3.05, 3.63) is 53.4 Å². The van der Waals surface area contributed by atoms with Crippen LogP contribution < -0.4 is 10.2 Å². The number of aryl methyl sites for hydroxylation is 1. The molecular formula is C18H21FN4O. The lowest BCUT2D eigenvalue weighted by atomic mass is 10.1. The highest BCUT2D eigenvalue weighted by atomic mass is 19.1. The Balaban J connectivity index is 1.82. The summed E-state index contributed by atoms with van der Waals surface area (Å²) in [5, 5.41) is 2.91. The van der Waals surface area contributed by atoms with Gasteiger partial charge in [0.05, 0.1) is 11.6 Å². The molecular weight excluding hydrogens is 307 g/mol. The summed E-state index contributed by atoms with van der Waals surface area (Å²) in [6.45, 7) is 1.89. The molecule has 24 heavy (non-hydrogen) atoms. The lowest BCUT2D eigenvalue weighted by Gasteiger charge is -2.18. The van der Waals surface area contributed by atoms with E-state index in [9.17, 15) is 9.18 Å². The molecule has 1 aromatic carbocycles. The highest BCUT2D eigenvalue weighted by Gasteiger charge is 2.35. The second-order valence-electron chi connectivity index (χ2n) is 6.40. The maximum Gasteiger partial charge on any atom is 0.254 e. The van der Waals surface area contributed by atoms with Gasteiger partial charge in [-0.1, -0.05) is 0 Å². The summed E-state index contributed by atoms with van der Waals surface area (Å²) in [6.07, 6.45) is 3.72. The zero-order valence-corrected chi connectivity index (χ0v) is 14.1. The van der Waals surface area contributed by atoms with Crippen LogP contribution in [-0.2, 0) is 0 Å². The maximum atomic E-state index is 14.3. The Morgan fingerprint density at radius 3 is 2.67 bits per heavy atom. The molecule has 1 N–H and O–H groups in total. The highest BCUT2D eigenvalue weighted by Crippen LogP contribution is 2.40. The summed E-state index contributed by atoms with van der Waals surface area (Å²) in [4.78, 5) is 23.0. The van der Waals surface area contributed by atoms with Gasteiger partial charge in [0, 0.05) is 31.7 Å². The van der Waals surface area contributed by atoms with Crippen LogP contribution >= 0.6 is 0 Å². The molecule has 1 heterocycles. The van der Waals surface area contributed by atoms with Crippen molar-refractivity contribution in [3.8, 4) is 0 Å². The summed E-state index contributed by atoms with van der Waals surface area (Å²) >= 11 is 0. The normalized spacial score (nSPS) is 15.0. The predicted molar refractivity (Wildman–Crippen MR) is 90.4 cm³/mol. The predicted octanol–water partition coefficient (Wildman–Crippen LogP) is 2.87. The number of anilines is 1. The number of carbonyl (C=O) groups is 1. The first-order valence-corrected chi connectivity index (χ1v) is 8.03. The third-order valence-corrected chi connectivity index (χ3v) is 4.19. The van der Waals surface area contributed by atoms with E-state index >= 15 is 0 Å². The Bertz CT molecular complexity index is 758. The molecule has 6 heteroatoms. The largest absolute Gasteiger partial charge is 0.378 e. The van der Waals surface area contributed by atoms with Gasteiger partial charge in [-0.15, -0.1) is 0 Å². The zero-order chi connectivity index (χ0) is 17.3. The molecule has 1 saturated carbocycles. The Morgan fingerprint density at radius 1 is 1.33 bits per heavy atom. The van der Waals surface area contributed by atoms with E-state index in [0.29, 0.717) is 17.4 Å². The van der Waals surface area contributed by atoms with E-state index in [-0.39, 0.29) is 11.6 Å². The van der Waals surface area contributed by atoms with Gasteiger partial charge in [-0.05, 0) is 49.9 Å². The fraction of sp³-hybridized carbons (Fsp3) is 0.389. The number of nitrogens with one attached hydrogen (secondary N) is 1. The molecule has 1 fully saturated rings. The maximum absolute atomic E-state index is 14.3. The number of rotatable bonds is 5. The van der Waals surface area contributed by atoms with E-state index < -0.39 is 11.7 Å². The molecule has 1 aliphatic rings. The zero-order valence-electron chi connectivity index (χ0n) is 14.1. The fourth-order valence-electron chi connectivity index (χ4n) is 2.63. The van der Waals surface area contributed by atoms with Gasteiger partial charge in [0.2, 0.25) is 0 Å². The number of halogens is 1. The monoisotopic (exact) mass is 328 g/mol. The minimum absolute atomic E-state index is 0.0407. The Hall–Kier alpha value is -2.50. The number of nitrogens with zero attached hydrogens (tertiary/aromatic N) is 3. The van der Waals surface area contributed by atoms with Crippen LogP contribution in [0.1, 0.15) is 40.8 Å². The minimum atomic E-state index is -0.529. The van der Waals surface area contributed by atoms with Gasteiger partial charge in [0.15, 0.2) is 5.82 Å². The van der Waals surface area contributed by atoms with Gasteiger partial charge >= 0.3 is 0 Å². The Kier molecular flexibility index (Phi) is 4.46. The van der Waals surface area contributed by atoms with Crippen molar-refractivity contribution in [3.63, 3.8) is 0 Å². The van der Waals surface area contributed by atoms with Crippen LogP contribution in [0.25, 0.3) is 0 Å². The van der Waals surface area contributed by atoms with Crippen LogP contribution in [0.15, 0.2) is 30.5 Å². The number of aromatic nitrogens is 2. The van der Waals surface area contributed by atoms with Crippen LogP contribution in [0, 0.1) is 18.7 Å². The molecule has 3 rings (SSSR count). The SMILES string of the molecule is Cc1ccnc([C@@H](NC(=O)c2ccc(N(C)C)cc2F)C2CC2)n1. The van der Waals surface area contributed by atoms with Gasteiger partial charge in [0.1, 0.15) is 5.82 Å². The molecule has 5 nitrogen and oxygen atoms in total. The van der Waals surface area contributed by atoms with Crippen LogP contribution in [0.5, 0.6) is 0 Å². The summed E-state index contributed by atoms with van der Waals surface area (Å²) < 4.78 is 14.3. The molecule has 0 radical (unpaired) electrons. The van der Waals surface area contributed by atoms with Crippen LogP contribution in [-0.4, -0.2) is 30.0 Å². The molecule has 0 bridgehead atoms. The molecule has 1 aliphatic carbocycles. The van der Waals surface area contributed by atoms with E-state index in [1.54, 1.807) is 17.2 Å². The smallest absolute Gasteiger partial charge is 0.254 e. The molecule has 126 valence electrons. The van der Waals surface area contributed by atoms with Crippen molar-refractivity contribution in [2.24, 2.45) is 5.92 Å². The molecule has 0 spiro atoms. The third-order valence-electron chi connectivity index (χ3n) is 4.19. The van der Waals surface area contributed by atoms with Crippen LogP contribution in [0.2, 0.25) is 0 Å². The van der Waals surface area contributed by atoms with Gasteiger partial charge in [-0.3, -0.25) is 4.79 Å². The van der Waals surface area contributed by atoms with Crippen molar-refractivity contribution in [2.75, 3.05) is 19.0 Å². The average molecular weight is 328 g/mol. The molecule has 1 amide bonds. The number of hydrogen-bond donors (Lipinski definition) is 1. The average Bonchev–Trinajstić information content (AvgIpc) is 3.36. The number of benzene rings is 1. The van der Waals surface area contributed by atoms with Crippen molar-refractivity contribution in [1.82, 2.24) is 15.3 Å². The minimum Gasteiger partial charge on any atom is -0.378 e. The topological polar surface area (TPSA) is 58.1 Å². The Labute approximate surface area is 140 Å². The van der Waals surface area contributed by atoms with E-state index in [4.69, 9.17) is 0 Å². The molecule has 1 aromatic heterocycles. The highest BCUT2D eigenvalue weighted by molar-refractivity contribution is 5.95. The van der Waals surface area contributed by atoms with Crippen molar-refractivity contribution in [1.29, 1.82) is 0 Å². The summed E-state index contributed by atoms with van der Waals surface area (Å²) in [6, 6.07) is 6.15. The second kappa shape index (κ2) is 6.55. The molecule has 1 atom stereocenters. The summed E-state index contributed by atoms with van der Waals surface area (Å²) in [5.41, 5.74) is 1.60. The van der Waals surface area contributed by atoms with Crippen LogP contribution in [0.3, 0.4) is 0 Å². The lowest BCUT2D eigenvalue weighted by Crippen LogP contribution is -2.32. The van der Waals surface area contributed by atoms with E-state index in [2.05, 4.69) is 15.3 Å². The van der Waals surface area contributed by atoms with Gasteiger partial charge in [-0.25, -0.2) is 14.4 Å². The quantitative estimate of drug-likeness (QED) is 0.917. The van der Waals surface area contributed by atoms with Gasteiger partial charge in [0.25, 0.3) is 5.91 Å². The summed E-state index contributed by atoms with van der Waals surface area (Å²) in [7, 11) is 3.65. The molecule has 0 aliphatic heterocycles. The second-order valence-corrected chi connectivity index (χ2v) is 6.40. The Morgan fingerprint density at radius 2 is 2.08 bits per heavy atom. The van der Waals surface area contributed by atoms with Gasteiger partial charge in [-0.2, -0.15) is 0 Å². The number of hydrogen-bond acceptors (Lipinski definition) is 4. The summed E-state index contributed by atoms with van der Waals surface area (Å²) in [5.74, 6) is -0.0470. The van der Waals surface area contributed by atoms with E-state index in [1.807, 2.05) is 27.1 Å². The van der Waals surface area contributed by atoms with Crippen molar-refractivity contribution >= 4 is 11.6 Å². The molecule has 0 unspecified atom stereocenters. The lowest BCUT2D eigenvalue weighted by molar-refractivity contribution is 0.0925. The number of carbonyl (C=O) groups excluding carboxylic acids is 1. The standard InChI is InChI=1S/C18H21FN4O/c1-11-8-9-20-17(21-11)16(12-4-5-12)22-18(24)14-7-6-13(23(2)3)10-15(14)19/h6-10,12,16H,4-5H2,1-3H3,(H,22,24)/t16-/m0/s1. The molecule has 2 aromatic rings. The first kappa shape index (κ1) is 16.4.